The minimum Gasteiger partial charge on any atom is -0.506 e. The number of halogens is 1. The average Bonchev–Trinajstić information content (AvgIpc) is 2.69. The van der Waals surface area contributed by atoms with Gasteiger partial charge in [0.2, 0.25) is 0 Å². The summed E-state index contributed by atoms with van der Waals surface area (Å²) in [5, 5.41) is 12.7. The van der Waals surface area contributed by atoms with E-state index in [9.17, 15) is 9.90 Å². The van der Waals surface area contributed by atoms with Crippen molar-refractivity contribution in [3.8, 4) is 0 Å². The molecule has 0 heterocycles. The third-order valence-electron chi connectivity index (χ3n) is 3.96. The maximum absolute atomic E-state index is 12.4. The van der Waals surface area contributed by atoms with E-state index in [1.165, 1.54) is 6.21 Å². The lowest BCUT2D eigenvalue weighted by Crippen LogP contribution is -2.11. The van der Waals surface area contributed by atoms with Crippen molar-refractivity contribution in [1.29, 1.82) is 0 Å². The van der Waals surface area contributed by atoms with Crippen molar-refractivity contribution in [3.63, 3.8) is 0 Å². The van der Waals surface area contributed by atoms with Crippen LogP contribution in [0.15, 0.2) is 77.3 Å². The smallest absolute Gasteiger partial charge is 0.343 e. The molecule has 0 amide bonds. The van der Waals surface area contributed by atoms with Crippen LogP contribution in [0.3, 0.4) is 0 Å². The van der Waals surface area contributed by atoms with Gasteiger partial charge < -0.3 is 9.84 Å². The van der Waals surface area contributed by atoms with Crippen molar-refractivity contribution < 1.29 is 14.6 Å². The molecule has 3 aromatic carbocycles. The van der Waals surface area contributed by atoms with Gasteiger partial charge in [0.05, 0.1) is 12.3 Å². The molecule has 0 radical (unpaired) electrons. The predicted molar refractivity (Wildman–Crippen MR) is 117 cm³/mol. The number of aliphatic imine (C=N–C) groups is 1. The SMILES string of the molecule is CCOC(=O)C(C=Nc1ccc(I)cc1)=C(O)c1cccc2ccccc12. The zero-order valence-electron chi connectivity index (χ0n) is 14.7. The second kappa shape index (κ2) is 8.81. The van der Waals surface area contributed by atoms with E-state index in [1.807, 2.05) is 60.7 Å². The van der Waals surface area contributed by atoms with E-state index >= 15 is 0 Å². The largest absolute Gasteiger partial charge is 0.506 e. The summed E-state index contributed by atoms with van der Waals surface area (Å²) in [5.41, 5.74) is 1.26. The molecule has 0 aliphatic carbocycles. The van der Waals surface area contributed by atoms with E-state index in [0.29, 0.717) is 11.3 Å². The first-order valence-corrected chi connectivity index (χ1v) is 9.56. The van der Waals surface area contributed by atoms with Gasteiger partial charge in [-0.2, -0.15) is 0 Å². The zero-order valence-corrected chi connectivity index (χ0v) is 16.9. The number of hydrogen-bond donors (Lipinski definition) is 1. The quantitative estimate of drug-likeness (QED) is 0.171. The van der Waals surface area contributed by atoms with Gasteiger partial charge in [0.1, 0.15) is 11.3 Å². The number of carbonyl (C=O) groups is 1. The lowest BCUT2D eigenvalue weighted by molar-refractivity contribution is -0.137. The van der Waals surface area contributed by atoms with Gasteiger partial charge >= 0.3 is 5.97 Å². The molecular formula is C22H18INO3. The normalized spacial score (nSPS) is 12.2. The first kappa shape index (κ1) is 19.1. The van der Waals surface area contributed by atoms with Gasteiger partial charge in [-0.15, -0.1) is 0 Å². The predicted octanol–water partition coefficient (Wildman–Crippen LogP) is 5.68. The van der Waals surface area contributed by atoms with Crippen molar-refractivity contribution >= 4 is 57.0 Å². The van der Waals surface area contributed by atoms with Crippen molar-refractivity contribution in [3.05, 3.63) is 81.4 Å². The van der Waals surface area contributed by atoms with Crippen molar-refractivity contribution in [2.24, 2.45) is 4.99 Å². The van der Waals surface area contributed by atoms with E-state index in [0.717, 1.165) is 14.3 Å². The van der Waals surface area contributed by atoms with Crippen molar-refractivity contribution in [2.45, 2.75) is 6.92 Å². The van der Waals surface area contributed by atoms with Crippen LogP contribution in [0.1, 0.15) is 12.5 Å². The first-order valence-electron chi connectivity index (χ1n) is 8.48. The minimum absolute atomic E-state index is 0.0201. The Morgan fingerprint density at radius 2 is 1.78 bits per heavy atom. The summed E-state index contributed by atoms with van der Waals surface area (Å²) in [6.45, 7) is 1.93. The van der Waals surface area contributed by atoms with Gasteiger partial charge in [-0.05, 0) is 64.6 Å². The fourth-order valence-corrected chi connectivity index (χ4v) is 3.02. The highest BCUT2D eigenvalue weighted by atomic mass is 127. The second-order valence-electron chi connectivity index (χ2n) is 5.74. The van der Waals surface area contributed by atoms with Gasteiger partial charge in [-0.25, -0.2) is 4.79 Å². The second-order valence-corrected chi connectivity index (χ2v) is 6.99. The highest BCUT2D eigenvalue weighted by molar-refractivity contribution is 14.1. The molecule has 4 nitrogen and oxygen atoms in total. The molecular weight excluding hydrogens is 453 g/mol. The van der Waals surface area contributed by atoms with Crippen LogP contribution in [-0.2, 0) is 9.53 Å². The van der Waals surface area contributed by atoms with Gasteiger partial charge in [0.15, 0.2) is 0 Å². The Bertz CT molecular complexity index is 1020. The number of ether oxygens (including phenoxy) is 1. The lowest BCUT2D eigenvalue weighted by atomic mass is 10.0. The zero-order chi connectivity index (χ0) is 19.2. The van der Waals surface area contributed by atoms with Crippen LogP contribution >= 0.6 is 22.6 Å². The molecule has 0 fully saturated rings. The van der Waals surface area contributed by atoms with E-state index in [2.05, 4.69) is 27.6 Å². The molecule has 5 heteroatoms. The van der Waals surface area contributed by atoms with Gasteiger partial charge in [0.25, 0.3) is 0 Å². The number of aliphatic hydroxyl groups is 1. The Balaban J connectivity index is 2.10. The summed E-state index contributed by atoms with van der Waals surface area (Å²) in [7, 11) is 0. The molecule has 0 atom stereocenters. The first-order chi connectivity index (χ1) is 13.1. The van der Waals surface area contributed by atoms with Crippen LogP contribution in [0, 0.1) is 3.57 Å². The Morgan fingerprint density at radius 1 is 1.07 bits per heavy atom. The van der Waals surface area contributed by atoms with Crippen molar-refractivity contribution in [2.75, 3.05) is 6.61 Å². The van der Waals surface area contributed by atoms with Gasteiger partial charge in [0, 0.05) is 15.3 Å². The molecule has 0 aliphatic rings. The Hall–Kier alpha value is -2.67. The third-order valence-corrected chi connectivity index (χ3v) is 4.68. The summed E-state index contributed by atoms with van der Waals surface area (Å²) in [6.07, 6.45) is 1.36. The highest BCUT2D eigenvalue weighted by Crippen LogP contribution is 2.26. The van der Waals surface area contributed by atoms with E-state index < -0.39 is 5.97 Å². The van der Waals surface area contributed by atoms with Crippen LogP contribution in [0.5, 0.6) is 0 Å². The molecule has 0 spiro atoms. The number of aliphatic hydroxyl groups excluding tert-OH is 1. The summed E-state index contributed by atoms with van der Waals surface area (Å²) in [5.74, 6) is -0.767. The van der Waals surface area contributed by atoms with Crippen molar-refractivity contribution in [1.82, 2.24) is 0 Å². The standard InChI is InChI=1S/C22H18INO3/c1-2-27-22(26)20(14-24-17-12-10-16(23)11-13-17)21(25)19-9-5-7-15-6-3-4-8-18(15)19/h3-14,25H,2H2,1H3. The molecule has 0 saturated heterocycles. The Labute approximate surface area is 171 Å². The van der Waals surface area contributed by atoms with Crippen LogP contribution in [0.4, 0.5) is 5.69 Å². The minimum atomic E-state index is -0.614. The number of benzene rings is 3. The number of fused-ring (bicyclic) bond motifs is 1. The molecule has 136 valence electrons. The fraction of sp³-hybridized carbons (Fsp3) is 0.0909. The van der Waals surface area contributed by atoms with Gasteiger partial charge in [-0.1, -0.05) is 42.5 Å². The Kier molecular flexibility index (Phi) is 6.24. The summed E-state index contributed by atoms with van der Waals surface area (Å²) in [4.78, 5) is 16.8. The summed E-state index contributed by atoms with van der Waals surface area (Å²) < 4.78 is 6.21. The molecule has 0 aromatic heterocycles. The molecule has 1 N–H and O–H groups in total. The molecule has 0 aliphatic heterocycles. The molecule has 0 unspecified atom stereocenters. The number of esters is 1. The number of hydrogen-bond acceptors (Lipinski definition) is 4. The van der Waals surface area contributed by atoms with Crippen LogP contribution < -0.4 is 0 Å². The fourth-order valence-electron chi connectivity index (χ4n) is 2.66. The van der Waals surface area contributed by atoms with Crippen LogP contribution in [-0.4, -0.2) is 23.9 Å². The molecule has 3 aromatic rings. The monoisotopic (exact) mass is 471 g/mol. The van der Waals surface area contributed by atoms with Gasteiger partial charge in [-0.3, -0.25) is 4.99 Å². The highest BCUT2D eigenvalue weighted by Gasteiger charge is 2.17. The summed E-state index contributed by atoms with van der Waals surface area (Å²) >= 11 is 2.21. The number of rotatable bonds is 5. The maximum Gasteiger partial charge on any atom is 0.343 e. The number of carbonyl (C=O) groups excluding carboxylic acids is 1. The molecule has 27 heavy (non-hydrogen) atoms. The van der Waals surface area contributed by atoms with E-state index in [1.54, 1.807) is 13.0 Å². The molecule has 3 rings (SSSR count). The summed E-state index contributed by atoms with van der Waals surface area (Å²) in [6, 6.07) is 20.8. The third kappa shape index (κ3) is 4.54. The lowest BCUT2D eigenvalue weighted by Gasteiger charge is -2.09. The molecule has 0 saturated carbocycles. The van der Waals surface area contributed by atoms with Crippen LogP contribution in [0.2, 0.25) is 0 Å². The maximum atomic E-state index is 12.4. The molecule has 0 bridgehead atoms. The van der Waals surface area contributed by atoms with E-state index in [-0.39, 0.29) is 17.9 Å². The van der Waals surface area contributed by atoms with Crippen LogP contribution in [0.25, 0.3) is 16.5 Å². The average molecular weight is 471 g/mol. The Morgan fingerprint density at radius 3 is 2.52 bits per heavy atom. The topological polar surface area (TPSA) is 58.9 Å². The van der Waals surface area contributed by atoms with E-state index in [4.69, 9.17) is 4.74 Å². The number of nitrogens with zero attached hydrogens (tertiary/aromatic N) is 1.